The van der Waals surface area contributed by atoms with E-state index in [9.17, 15) is 9.59 Å². The van der Waals surface area contributed by atoms with E-state index in [1.165, 1.54) is 32.1 Å². The molecule has 0 saturated heterocycles. The SMILES string of the molecule is CCCCCCCCCCOc1c(OC(=O)c2ccccc2)c(=O)oc2cccc(OC(C)(C)C)c12. The molecule has 0 fully saturated rings. The van der Waals surface area contributed by atoms with Crippen molar-refractivity contribution >= 4 is 16.9 Å². The first-order chi connectivity index (χ1) is 17.3. The number of hydrogen-bond acceptors (Lipinski definition) is 6. The lowest BCUT2D eigenvalue weighted by Crippen LogP contribution is -2.23. The summed E-state index contributed by atoms with van der Waals surface area (Å²) in [5.74, 6) is -0.255. The van der Waals surface area contributed by atoms with Crippen molar-refractivity contribution in [2.24, 2.45) is 0 Å². The van der Waals surface area contributed by atoms with E-state index < -0.39 is 17.2 Å². The van der Waals surface area contributed by atoms with Gasteiger partial charge < -0.3 is 18.6 Å². The molecule has 0 unspecified atom stereocenters. The highest BCUT2D eigenvalue weighted by Crippen LogP contribution is 2.40. The van der Waals surface area contributed by atoms with Crippen LogP contribution in [0.3, 0.4) is 0 Å². The van der Waals surface area contributed by atoms with Gasteiger partial charge >= 0.3 is 11.6 Å². The lowest BCUT2D eigenvalue weighted by molar-refractivity contribution is 0.0721. The maximum Gasteiger partial charge on any atom is 0.383 e. The number of unbranched alkanes of at least 4 members (excludes halogenated alkanes) is 7. The second-order valence-corrected chi connectivity index (χ2v) is 9.97. The van der Waals surface area contributed by atoms with Crippen molar-refractivity contribution in [2.45, 2.75) is 84.7 Å². The Balaban J connectivity index is 1.87. The molecule has 194 valence electrons. The predicted molar refractivity (Wildman–Crippen MR) is 142 cm³/mol. The van der Waals surface area contributed by atoms with E-state index in [-0.39, 0.29) is 11.5 Å². The van der Waals surface area contributed by atoms with Crippen LogP contribution < -0.4 is 19.8 Å². The number of carbonyl (C=O) groups excluding carboxylic acids is 1. The fraction of sp³-hybridized carbons (Fsp3) is 0.467. The number of carbonyl (C=O) groups is 1. The number of rotatable bonds is 13. The zero-order chi connectivity index (χ0) is 26.0. The van der Waals surface area contributed by atoms with Crippen molar-refractivity contribution in [3.63, 3.8) is 0 Å². The van der Waals surface area contributed by atoms with Crippen LogP contribution in [-0.2, 0) is 0 Å². The second kappa shape index (κ2) is 13.1. The molecule has 0 amide bonds. The van der Waals surface area contributed by atoms with E-state index in [0.29, 0.717) is 28.9 Å². The summed E-state index contributed by atoms with van der Waals surface area (Å²) in [7, 11) is 0. The molecule has 6 heteroatoms. The van der Waals surface area contributed by atoms with Crippen LogP contribution in [0.1, 0.15) is 89.4 Å². The Kier molecular flexibility index (Phi) is 9.97. The van der Waals surface area contributed by atoms with Gasteiger partial charge in [-0.2, -0.15) is 0 Å². The first-order valence-corrected chi connectivity index (χ1v) is 13.0. The van der Waals surface area contributed by atoms with Gasteiger partial charge in [0, 0.05) is 0 Å². The molecule has 0 N–H and O–H groups in total. The number of hydrogen-bond donors (Lipinski definition) is 0. The molecule has 0 bridgehead atoms. The van der Waals surface area contributed by atoms with Gasteiger partial charge in [0.15, 0.2) is 5.75 Å². The third-order valence-electron chi connectivity index (χ3n) is 5.67. The molecule has 3 aromatic rings. The Hall–Kier alpha value is -3.28. The maximum absolute atomic E-state index is 12.9. The first-order valence-electron chi connectivity index (χ1n) is 13.0. The van der Waals surface area contributed by atoms with Gasteiger partial charge in [-0.25, -0.2) is 9.59 Å². The minimum atomic E-state index is -0.773. The van der Waals surface area contributed by atoms with Crippen molar-refractivity contribution in [1.82, 2.24) is 0 Å². The highest BCUT2D eigenvalue weighted by Gasteiger charge is 2.25. The summed E-state index contributed by atoms with van der Waals surface area (Å²) >= 11 is 0. The molecule has 0 aliphatic carbocycles. The molecule has 6 nitrogen and oxygen atoms in total. The molecule has 36 heavy (non-hydrogen) atoms. The first kappa shape index (κ1) is 27.3. The van der Waals surface area contributed by atoms with Gasteiger partial charge in [-0.05, 0) is 51.5 Å². The molecular formula is C30H38O6. The largest absolute Gasteiger partial charge is 0.489 e. The van der Waals surface area contributed by atoms with Crippen molar-refractivity contribution in [3.05, 3.63) is 64.5 Å². The predicted octanol–water partition coefficient (Wildman–Crippen LogP) is 7.71. The van der Waals surface area contributed by atoms with Crippen LogP contribution >= 0.6 is 0 Å². The van der Waals surface area contributed by atoms with Gasteiger partial charge in [0.1, 0.15) is 22.3 Å². The fourth-order valence-electron chi connectivity index (χ4n) is 3.95. The highest BCUT2D eigenvalue weighted by molar-refractivity contribution is 5.95. The summed E-state index contributed by atoms with van der Waals surface area (Å²) in [6.45, 7) is 8.40. The number of esters is 1. The fourth-order valence-corrected chi connectivity index (χ4v) is 3.95. The normalized spacial score (nSPS) is 11.4. The molecule has 1 heterocycles. The average molecular weight is 495 g/mol. The lowest BCUT2D eigenvalue weighted by atomic mass is 10.1. The number of fused-ring (bicyclic) bond motifs is 1. The molecule has 1 aromatic heterocycles. The van der Waals surface area contributed by atoms with Crippen molar-refractivity contribution in [1.29, 1.82) is 0 Å². The Bertz CT molecular complexity index is 1170. The molecule has 0 saturated carbocycles. The summed E-state index contributed by atoms with van der Waals surface area (Å²) in [6, 6.07) is 13.7. The van der Waals surface area contributed by atoms with E-state index in [1.807, 2.05) is 20.8 Å². The zero-order valence-corrected chi connectivity index (χ0v) is 21.9. The molecule has 3 rings (SSSR count). The summed E-state index contributed by atoms with van der Waals surface area (Å²) in [6.07, 6.45) is 9.26. The number of ether oxygens (including phenoxy) is 3. The van der Waals surface area contributed by atoms with Crippen molar-refractivity contribution in [3.8, 4) is 17.2 Å². The van der Waals surface area contributed by atoms with E-state index in [4.69, 9.17) is 18.6 Å². The minimum absolute atomic E-state index is 0.174. The zero-order valence-electron chi connectivity index (χ0n) is 21.9. The van der Waals surface area contributed by atoms with E-state index in [0.717, 1.165) is 19.3 Å². The Morgan fingerprint density at radius 3 is 2.17 bits per heavy atom. The van der Waals surface area contributed by atoms with Crippen LogP contribution in [0, 0.1) is 0 Å². The summed E-state index contributed by atoms with van der Waals surface area (Å²) < 4.78 is 23.4. The third kappa shape index (κ3) is 7.87. The summed E-state index contributed by atoms with van der Waals surface area (Å²) in [4.78, 5) is 25.7. The second-order valence-electron chi connectivity index (χ2n) is 9.97. The number of benzene rings is 2. The van der Waals surface area contributed by atoms with Gasteiger partial charge in [0.25, 0.3) is 5.75 Å². The molecule has 0 aliphatic rings. The van der Waals surface area contributed by atoms with E-state index in [1.54, 1.807) is 48.5 Å². The summed E-state index contributed by atoms with van der Waals surface area (Å²) in [5, 5.41) is 0.474. The van der Waals surface area contributed by atoms with Crippen LogP contribution in [0.2, 0.25) is 0 Å². The Labute approximate surface area is 213 Å². The van der Waals surface area contributed by atoms with Crippen LogP contribution in [-0.4, -0.2) is 18.2 Å². The van der Waals surface area contributed by atoms with Gasteiger partial charge in [-0.3, -0.25) is 0 Å². The standard InChI is InChI=1S/C30H38O6/c1-5-6-7-8-9-10-11-15-21-33-26-25-23(19-16-20-24(25)36-30(2,3)4)34-29(32)27(26)35-28(31)22-17-13-12-14-18-22/h12-14,16-20H,5-11,15,21H2,1-4H3. The van der Waals surface area contributed by atoms with Gasteiger partial charge in [-0.15, -0.1) is 0 Å². The monoisotopic (exact) mass is 494 g/mol. The van der Waals surface area contributed by atoms with Crippen LogP contribution in [0.5, 0.6) is 17.2 Å². The average Bonchev–Trinajstić information content (AvgIpc) is 2.84. The minimum Gasteiger partial charge on any atom is -0.489 e. The smallest absolute Gasteiger partial charge is 0.383 e. The maximum atomic E-state index is 12.9. The van der Waals surface area contributed by atoms with Crippen LogP contribution in [0.4, 0.5) is 0 Å². The molecule has 2 aromatic carbocycles. The Morgan fingerprint density at radius 2 is 1.50 bits per heavy atom. The lowest BCUT2D eigenvalue weighted by Gasteiger charge is -2.23. The van der Waals surface area contributed by atoms with Gasteiger partial charge in [-0.1, -0.05) is 76.1 Å². The molecule has 0 atom stereocenters. The highest BCUT2D eigenvalue weighted by atomic mass is 16.6. The topological polar surface area (TPSA) is 75.0 Å². The quantitative estimate of drug-likeness (QED) is 0.138. The van der Waals surface area contributed by atoms with Crippen LogP contribution in [0.25, 0.3) is 11.0 Å². The van der Waals surface area contributed by atoms with E-state index >= 15 is 0 Å². The van der Waals surface area contributed by atoms with Crippen molar-refractivity contribution < 1.29 is 23.4 Å². The van der Waals surface area contributed by atoms with Gasteiger partial charge in [0.05, 0.1) is 12.2 Å². The molecule has 0 radical (unpaired) electrons. The molecule has 0 spiro atoms. The van der Waals surface area contributed by atoms with Crippen molar-refractivity contribution in [2.75, 3.05) is 6.61 Å². The molecular weight excluding hydrogens is 456 g/mol. The molecule has 0 aliphatic heterocycles. The third-order valence-corrected chi connectivity index (χ3v) is 5.67. The van der Waals surface area contributed by atoms with Crippen LogP contribution in [0.15, 0.2) is 57.7 Å². The van der Waals surface area contributed by atoms with E-state index in [2.05, 4.69) is 6.92 Å². The van der Waals surface area contributed by atoms with Gasteiger partial charge in [0.2, 0.25) is 0 Å². The summed E-state index contributed by atoms with van der Waals surface area (Å²) in [5.41, 5.74) is -0.636. The Morgan fingerprint density at radius 1 is 0.833 bits per heavy atom.